The van der Waals surface area contributed by atoms with Gasteiger partial charge in [-0.3, -0.25) is 0 Å². The lowest BCUT2D eigenvalue weighted by atomic mass is 9.95. The van der Waals surface area contributed by atoms with E-state index < -0.39 is 0 Å². The Labute approximate surface area is 123 Å². The molecular weight excluding hydrogens is 252 g/mol. The number of nitrogens with one attached hydrogen (secondary N) is 1. The van der Waals surface area contributed by atoms with Crippen molar-refractivity contribution in [3.63, 3.8) is 0 Å². The SMILES string of the molecule is CC(C)C(CNCc1ccc(C(C)(C)C)s1)N(C)C. The molecule has 0 saturated carbocycles. The molecule has 110 valence electrons. The minimum atomic E-state index is 0.271. The molecule has 1 rings (SSSR count). The van der Waals surface area contributed by atoms with Gasteiger partial charge in [0.15, 0.2) is 0 Å². The Morgan fingerprint density at radius 2 is 1.84 bits per heavy atom. The lowest BCUT2D eigenvalue weighted by Gasteiger charge is -2.28. The Hall–Kier alpha value is -0.380. The fourth-order valence-corrected chi connectivity index (χ4v) is 3.27. The summed E-state index contributed by atoms with van der Waals surface area (Å²) in [4.78, 5) is 5.22. The van der Waals surface area contributed by atoms with Crippen LogP contribution >= 0.6 is 11.3 Å². The minimum Gasteiger partial charge on any atom is -0.310 e. The summed E-state index contributed by atoms with van der Waals surface area (Å²) in [5, 5.41) is 3.60. The molecule has 1 N–H and O–H groups in total. The third-order valence-electron chi connectivity index (χ3n) is 3.49. The molecule has 0 saturated heterocycles. The standard InChI is InChI=1S/C16H30N2S/c1-12(2)14(18(6)7)11-17-10-13-8-9-15(19-13)16(3,4)5/h8-9,12,14,17H,10-11H2,1-7H3. The van der Waals surface area contributed by atoms with E-state index in [0.29, 0.717) is 12.0 Å². The molecule has 1 aromatic heterocycles. The van der Waals surface area contributed by atoms with Crippen LogP contribution in [0.5, 0.6) is 0 Å². The molecule has 3 heteroatoms. The lowest BCUT2D eigenvalue weighted by Crippen LogP contribution is -2.41. The predicted octanol–water partition coefficient (Wildman–Crippen LogP) is 3.72. The van der Waals surface area contributed by atoms with Crippen LogP contribution in [0.3, 0.4) is 0 Å². The van der Waals surface area contributed by atoms with Gasteiger partial charge in [0, 0.05) is 28.9 Å². The van der Waals surface area contributed by atoms with E-state index in [1.807, 2.05) is 11.3 Å². The summed E-state index contributed by atoms with van der Waals surface area (Å²) in [6, 6.07) is 5.13. The molecule has 2 nitrogen and oxygen atoms in total. The van der Waals surface area contributed by atoms with E-state index in [1.165, 1.54) is 9.75 Å². The van der Waals surface area contributed by atoms with Gasteiger partial charge in [0.2, 0.25) is 0 Å². The highest BCUT2D eigenvalue weighted by Crippen LogP contribution is 2.29. The van der Waals surface area contributed by atoms with Gasteiger partial charge in [-0.1, -0.05) is 34.6 Å². The van der Waals surface area contributed by atoms with Crippen molar-refractivity contribution in [2.45, 2.75) is 52.6 Å². The van der Waals surface area contributed by atoms with Gasteiger partial charge in [-0.15, -0.1) is 11.3 Å². The predicted molar refractivity (Wildman–Crippen MR) is 87.0 cm³/mol. The van der Waals surface area contributed by atoms with E-state index in [1.54, 1.807) is 0 Å². The average molecular weight is 282 g/mol. The summed E-state index contributed by atoms with van der Waals surface area (Å²) in [5.41, 5.74) is 0.271. The molecule has 0 fully saturated rings. The summed E-state index contributed by atoms with van der Waals surface area (Å²) in [6.45, 7) is 13.4. The van der Waals surface area contributed by atoms with Gasteiger partial charge in [0.25, 0.3) is 0 Å². The maximum atomic E-state index is 3.60. The second-order valence-electron chi connectivity index (χ2n) is 6.92. The monoisotopic (exact) mass is 282 g/mol. The Bertz CT molecular complexity index is 366. The van der Waals surface area contributed by atoms with Gasteiger partial charge in [-0.2, -0.15) is 0 Å². The Balaban J connectivity index is 2.47. The molecule has 0 bridgehead atoms. The molecule has 0 aliphatic rings. The smallest absolute Gasteiger partial charge is 0.0300 e. The van der Waals surface area contributed by atoms with Gasteiger partial charge < -0.3 is 10.2 Å². The number of rotatable bonds is 6. The normalized spacial score (nSPS) is 14.4. The van der Waals surface area contributed by atoms with Crippen molar-refractivity contribution >= 4 is 11.3 Å². The van der Waals surface area contributed by atoms with Crippen LogP contribution in [0.1, 0.15) is 44.4 Å². The Morgan fingerprint density at radius 1 is 1.21 bits per heavy atom. The van der Waals surface area contributed by atoms with Crippen molar-refractivity contribution in [1.82, 2.24) is 10.2 Å². The van der Waals surface area contributed by atoms with Gasteiger partial charge in [0.1, 0.15) is 0 Å². The van der Waals surface area contributed by atoms with Crippen molar-refractivity contribution in [3.05, 3.63) is 21.9 Å². The average Bonchev–Trinajstić information content (AvgIpc) is 2.71. The van der Waals surface area contributed by atoms with Gasteiger partial charge in [-0.05, 0) is 37.6 Å². The van der Waals surface area contributed by atoms with E-state index in [4.69, 9.17) is 0 Å². The van der Waals surface area contributed by atoms with Crippen molar-refractivity contribution < 1.29 is 0 Å². The number of thiophene rings is 1. The van der Waals surface area contributed by atoms with Gasteiger partial charge in [-0.25, -0.2) is 0 Å². The van der Waals surface area contributed by atoms with Crippen LogP contribution in [0.4, 0.5) is 0 Å². The zero-order valence-corrected chi connectivity index (χ0v) is 14.4. The van der Waals surface area contributed by atoms with E-state index in [2.05, 4.69) is 71.1 Å². The molecule has 0 aliphatic carbocycles. The second kappa shape index (κ2) is 6.87. The van der Waals surface area contributed by atoms with Crippen molar-refractivity contribution in [2.75, 3.05) is 20.6 Å². The highest BCUT2D eigenvalue weighted by Gasteiger charge is 2.17. The highest BCUT2D eigenvalue weighted by molar-refractivity contribution is 7.12. The molecule has 0 amide bonds. The fourth-order valence-electron chi connectivity index (χ4n) is 2.23. The van der Waals surface area contributed by atoms with Crippen LogP contribution in [0, 0.1) is 5.92 Å². The summed E-state index contributed by atoms with van der Waals surface area (Å²) < 4.78 is 0. The van der Waals surface area contributed by atoms with Crippen LogP contribution in [0.15, 0.2) is 12.1 Å². The van der Waals surface area contributed by atoms with Crippen LogP contribution in [-0.2, 0) is 12.0 Å². The van der Waals surface area contributed by atoms with Crippen LogP contribution < -0.4 is 5.32 Å². The molecule has 19 heavy (non-hydrogen) atoms. The molecule has 0 radical (unpaired) electrons. The lowest BCUT2D eigenvalue weighted by molar-refractivity contribution is 0.224. The van der Waals surface area contributed by atoms with Crippen LogP contribution in [-0.4, -0.2) is 31.6 Å². The zero-order chi connectivity index (χ0) is 14.6. The number of nitrogens with zero attached hydrogens (tertiary/aromatic N) is 1. The quantitative estimate of drug-likeness (QED) is 0.855. The first-order valence-electron chi connectivity index (χ1n) is 7.18. The summed E-state index contributed by atoms with van der Waals surface area (Å²) >= 11 is 1.93. The number of hydrogen-bond donors (Lipinski definition) is 1. The van der Waals surface area contributed by atoms with E-state index in [-0.39, 0.29) is 5.41 Å². The van der Waals surface area contributed by atoms with E-state index >= 15 is 0 Å². The van der Waals surface area contributed by atoms with Crippen molar-refractivity contribution in [2.24, 2.45) is 5.92 Å². The largest absolute Gasteiger partial charge is 0.310 e. The van der Waals surface area contributed by atoms with Crippen molar-refractivity contribution in [1.29, 1.82) is 0 Å². The highest BCUT2D eigenvalue weighted by atomic mass is 32.1. The Morgan fingerprint density at radius 3 is 2.26 bits per heavy atom. The van der Waals surface area contributed by atoms with Gasteiger partial charge >= 0.3 is 0 Å². The number of hydrogen-bond acceptors (Lipinski definition) is 3. The molecule has 1 heterocycles. The first-order chi connectivity index (χ1) is 8.71. The molecule has 1 unspecified atom stereocenters. The zero-order valence-electron chi connectivity index (χ0n) is 13.6. The van der Waals surface area contributed by atoms with E-state index in [9.17, 15) is 0 Å². The second-order valence-corrected chi connectivity index (χ2v) is 8.09. The summed E-state index contributed by atoms with van der Waals surface area (Å²) in [5.74, 6) is 0.677. The summed E-state index contributed by atoms with van der Waals surface area (Å²) in [6.07, 6.45) is 0. The molecule has 1 aromatic rings. The summed E-state index contributed by atoms with van der Waals surface area (Å²) in [7, 11) is 4.32. The first-order valence-corrected chi connectivity index (χ1v) is 7.99. The molecular formula is C16H30N2S. The van der Waals surface area contributed by atoms with Crippen LogP contribution in [0.2, 0.25) is 0 Å². The maximum absolute atomic E-state index is 3.60. The Kier molecular flexibility index (Phi) is 6.03. The fraction of sp³-hybridized carbons (Fsp3) is 0.750. The van der Waals surface area contributed by atoms with Crippen LogP contribution in [0.25, 0.3) is 0 Å². The third-order valence-corrected chi connectivity index (χ3v) is 5.00. The van der Waals surface area contributed by atoms with E-state index in [0.717, 1.165) is 13.1 Å². The van der Waals surface area contributed by atoms with Gasteiger partial charge in [0.05, 0.1) is 0 Å². The minimum absolute atomic E-state index is 0.271. The topological polar surface area (TPSA) is 15.3 Å². The third kappa shape index (κ3) is 5.25. The maximum Gasteiger partial charge on any atom is 0.0300 e. The molecule has 1 atom stereocenters. The first kappa shape index (κ1) is 16.7. The van der Waals surface area contributed by atoms with Crippen molar-refractivity contribution in [3.8, 4) is 0 Å². The molecule has 0 aromatic carbocycles. The molecule has 0 aliphatic heterocycles. The number of likely N-dealkylation sites (N-methyl/N-ethyl adjacent to an activating group) is 1. The molecule has 0 spiro atoms.